The van der Waals surface area contributed by atoms with Gasteiger partial charge >= 0.3 is 5.97 Å². The van der Waals surface area contributed by atoms with Crippen molar-refractivity contribution in [3.05, 3.63) is 29.3 Å². The first-order valence-electron chi connectivity index (χ1n) is 4.15. The summed E-state index contributed by atoms with van der Waals surface area (Å²) in [4.78, 5) is 11.2. The van der Waals surface area contributed by atoms with Crippen LogP contribution >= 0.6 is 61.1 Å². The number of esters is 1. The lowest BCUT2D eigenvalue weighted by molar-refractivity contribution is -0.135. The molecule has 0 fully saturated rings. The average molecular weight is 508 g/mol. The first kappa shape index (κ1) is 14.2. The van der Waals surface area contributed by atoms with Gasteiger partial charge in [0, 0.05) is 12.7 Å². The highest BCUT2D eigenvalue weighted by molar-refractivity contribution is 14.1. The Bertz CT molecular complexity index is 460. The summed E-state index contributed by atoms with van der Waals surface area (Å²) in [6.07, 6.45) is 1.66. The maximum atomic E-state index is 11.2. The number of halogens is 3. The largest absolute Gasteiger partial charge is 0.465 e. The summed E-state index contributed by atoms with van der Waals surface area (Å²) < 4.78 is 6.95. The van der Waals surface area contributed by atoms with Crippen LogP contribution in [0.25, 0.3) is 6.08 Å². The number of nitrogen functional groups attached to an aromatic ring is 1. The van der Waals surface area contributed by atoms with Crippen molar-refractivity contribution in [1.82, 2.24) is 0 Å². The number of anilines is 1. The van der Waals surface area contributed by atoms with Crippen molar-refractivity contribution in [3.63, 3.8) is 0 Å². The number of carbonyl (C=O) groups is 1. The molecule has 1 aromatic carbocycles. The zero-order valence-electron chi connectivity index (χ0n) is 8.26. The van der Waals surface area contributed by atoms with Crippen LogP contribution in [0, 0.1) is 7.14 Å². The van der Waals surface area contributed by atoms with E-state index in [2.05, 4.69) is 65.8 Å². The topological polar surface area (TPSA) is 52.3 Å². The molecule has 0 bridgehead atoms. The molecule has 1 rings (SSSR count). The summed E-state index contributed by atoms with van der Waals surface area (Å²) in [6.45, 7) is 0. The van der Waals surface area contributed by atoms with Crippen molar-refractivity contribution in [2.75, 3.05) is 12.8 Å². The number of nitrogens with two attached hydrogens (primary N) is 1. The van der Waals surface area contributed by atoms with Crippen LogP contribution in [0.1, 0.15) is 5.56 Å². The highest BCUT2D eigenvalue weighted by Crippen LogP contribution is 2.26. The van der Waals surface area contributed by atoms with Gasteiger partial charge in [-0.2, -0.15) is 0 Å². The number of rotatable bonds is 2. The zero-order valence-corrected chi connectivity index (χ0v) is 14.2. The predicted octanol–water partition coefficient (Wildman–Crippen LogP) is 3.39. The maximum Gasteiger partial charge on any atom is 0.344 e. The summed E-state index contributed by atoms with van der Waals surface area (Å²) in [5.41, 5.74) is 7.37. The lowest BCUT2D eigenvalue weighted by Crippen LogP contribution is -2.00. The van der Waals surface area contributed by atoms with Crippen molar-refractivity contribution >= 4 is 78.8 Å². The third-order valence-corrected chi connectivity index (χ3v) is 3.86. The fourth-order valence-electron chi connectivity index (χ4n) is 1.02. The van der Waals surface area contributed by atoms with Gasteiger partial charge in [0.15, 0.2) is 0 Å². The van der Waals surface area contributed by atoms with E-state index < -0.39 is 5.97 Å². The second-order valence-electron chi connectivity index (χ2n) is 2.87. The molecule has 1 aromatic rings. The minimum Gasteiger partial charge on any atom is -0.465 e. The maximum absolute atomic E-state index is 11.2. The number of benzene rings is 1. The molecule has 2 N–H and O–H groups in total. The Kier molecular flexibility index (Phi) is 5.51. The van der Waals surface area contributed by atoms with Crippen LogP contribution in [-0.2, 0) is 9.53 Å². The van der Waals surface area contributed by atoms with Crippen molar-refractivity contribution in [3.8, 4) is 0 Å². The van der Waals surface area contributed by atoms with E-state index in [-0.39, 0.29) is 0 Å². The van der Waals surface area contributed by atoms with Crippen molar-refractivity contribution in [2.45, 2.75) is 0 Å². The highest BCUT2D eigenvalue weighted by Gasteiger charge is 2.08. The van der Waals surface area contributed by atoms with Gasteiger partial charge in [-0.05, 0) is 79.3 Å². The minimum atomic E-state index is -0.423. The van der Waals surface area contributed by atoms with Gasteiger partial charge in [-0.1, -0.05) is 0 Å². The van der Waals surface area contributed by atoms with E-state index in [0.29, 0.717) is 10.2 Å². The lowest BCUT2D eigenvalue weighted by Gasteiger charge is -2.05. The molecule has 0 aliphatic carbocycles. The van der Waals surface area contributed by atoms with E-state index in [9.17, 15) is 4.79 Å². The van der Waals surface area contributed by atoms with E-state index in [1.54, 1.807) is 6.08 Å². The fourth-order valence-corrected chi connectivity index (χ4v) is 3.32. The van der Waals surface area contributed by atoms with E-state index >= 15 is 0 Å². The number of methoxy groups -OCH3 is 1. The molecule has 0 aliphatic rings. The van der Waals surface area contributed by atoms with Gasteiger partial charge in [-0.3, -0.25) is 0 Å². The fraction of sp³-hybridized carbons (Fsp3) is 0.100. The van der Waals surface area contributed by atoms with Crippen LogP contribution in [0.3, 0.4) is 0 Å². The zero-order chi connectivity index (χ0) is 12.3. The van der Waals surface area contributed by atoms with Gasteiger partial charge in [0.2, 0.25) is 0 Å². The third kappa shape index (κ3) is 3.59. The van der Waals surface area contributed by atoms with E-state index in [0.717, 1.165) is 12.7 Å². The Morgan fingerprint density at radius 1 is 1.50 bits per heavy atom. The second-order valence-corrected chi connectivity index (χ2v) is 6.14. The number of hydrogen-bond acceptors (Lipinski definition) is 3. The monoisotopic (exact) mass is 507 g/mol. The SMILES string of the molecule is COC(=O)/C(Br)=C/c1cc(I)cc(I)c1N. The van der Waals surface area contributed by atoms with Crippen LogP contribution in [-0.4, -0.2) is 13.1 Å². The van der Waals surface area contributed by atoms with Gasteiger partial charge in [-0.15, -0.1) is 0 Å². The molecule has 6 heteroatoms. The molecule has 0 radical (unpaired) electrons. The van der Waals surface area contributed by atoms with Crippen LogP contribution in [0.5, 0.6) is 0 Å². The van der Waals surface area contributed by atoms with E-state index in [1.165, 1.54) is 7.11 Å². The summed E-state index contributed by atoms with van der Waals surface area (Å²) >= 11 is 7.51. The van der Waals surface area contributed by atoms with Crippen molar-refractivity contribution in [1.29, 1.82) is 0 Å². The van der Waals surface area contributed by atoms with Crippen LogP contribution in [0.4, 0.5) is 5.69 Å². The molecule has 0 saturated heterocycles. The van der Waals surface area contributed by atoms with Gasteiger partial charge < -0.3 is 10.5 Å². The molecule has 0 unspecified atom stereocenters. The molecule has 0 amide bonds. The van der Waals surface area contributed by atoms with Gasteiger partial charge in [0.25, 0.3) is 0 Å². The predicted molar refractivity (Wildman–Crippen MR) is 85.2 cm³/mol. The van der Waals surface area contributed by atoms with Crippen LogP contribution in [0.2, 0.25) is 0 Å². The minimum absolute atomic E-state index is 0.347. The summed E-state index contributed by atoms with van der Waals surface area (Å²) in [7, 11) is 1.33. The van der Waals surface area contributed by atoms with Crippen LogP contribution < -0.4 is 5.73 Å². The summed E-state index contributed by atoms with van der Waals surface area (Å²) in [6, 6.07) is 3.88. The van der Waals surface area contributed by atoms with Gasteiger partial charge in [0.1, 0.15) is 4.48 Å². The Balaban J connectivity index is 3.19. The molecule has 16 heavy (non-hydrogen) atoms. The molecular weight excluding hydrogens is 500 g/mol. The first-order chi connectivity index (χ1) is 7.45. The normalized spacial score (nSPS) is 11.4. The molecular formula is C10H8BrI2NO2. The highest BCUT2D eigenvalue weighted by atomic mass is 127. The number of carbonyl (C=O) groups excluding carboxylic acids is 1. The van der Waals surface area contributed by atoms with Gasteiger partial charge in [0.05, 0.1) is 12.8 Å². The molecule has 0 aliphatic heterocycles. The summed E-state index contributed by atoms with van der Waals surface area (Å²) in [5.74, 6) is -0.423. The smallest absolute Gasteiger partial charge is 0.344 e. The molecule has 3 nitrogen and oxygen atoms in total. The Morgan fingerprint density at radius 3 is 2.69 bits per heavy atom. The molecule has 0 aromatic heterocycles. The number of hydrogen-bond donors (Lipinski definition) is 1. The average Bonchev–Trinajstić information content (AvgIpc) is 2.23. The van der Waals surface area contributed by atoms with Crippen molar-refractivity contribution in [2.24, 2.45) is 0 Å². The second kappa shape index (κ2) is 6.20. The van der Waals surface area contributed by atoms with Crippen LogP contribution in [0.15, 0.2) is 16.6 Å². The first-order valence-corrected chi connectivity index (χ1v) is 7.10. The Morgan fingerprint density at radius 2 is 2.12 bits per heavy atom. The van der Waals surface area contributed by atoms with E-state index in [1.807, 2.05) is 12.1 Å². The quantitative estimate of drug-likeness (QED) is 0.289. The van der Waals surface area contributed by atoms with Crippen molar-refractivity contribution < 1.29 is 9.53 Å². The standard InChI is InChI=1S/C10H8BrI2NO2/c1-16-10(15)7(11)3-5-2-6(12)4-8(13)9(5)14/h2-4H,14H2,1H3/b7-3-. The third-order valence-electron chi connectivity index (χ3n) is 1.79. The molecule has 86 valence electrons. The molecule has 0 spiro atoms. The van der Waals surface area contributed by atoms with Gasteiger partial charge in [-0.25, -0.2) is 4.79 Å². The molecule has 0 atom stereocenters. The lowest BCUT2D eigenvalue weighted by atomic mass is 10.1. The van der Waals surface area contributed by atoms with E-state index in [4.69, 9.17) is 5.73 Å². The summed E-state index contributed by atoms with van der Waals surface area (Å²) in [5, 5.41) is 0. The Hall–Kier alpha value is 0.170. The molecule has 0 heterocycles. The molecule has 0 saturated carbocycles. The number of ether oxygens (including phenoxy) is 1. The Labute approximate surface area is 129 Å².